The number of carbonyl (C=O) groups excluding carboxylic acids is 1. The number of H-pyrrole nitrogens is 1. The maximum Gasteiger partial charge on any atom is 0.272 e. The summed E-state index contributed by atoms with van der Waals surface area (Å²) in [6, 6.07) is 17.9. The molecule has 5 rings (SSSR count). The summed E-state index contributed by atoms with van der Waals surface area (Å²) in [7, 11) is 0. The molecule has 1 fully saturated rings. The summed E-state index contributed by atoms with van der Waals surface area (Å²) in [4.78, 5) is 27.6. The van der Waals surface area contributed by atoms with E-state index in [0.29, 0.717) is 12.2 Å². The van der Waals surface area contributed by atoms with Crippen LogP contribution in [-0.2, 0) is 0 Å². The average molecular weight is 371 g/mol. The molecule has 1 aliphatic heterocycles. The highest BCUT2D eigenvalue weighted by Gasteiger charge is 2.29. The van der Waals surface area contributed by atoms with Gasteiger partial charge in [0.2, 0.25) is 0 Å². The van der Waals surface area contributed by atoms with Crippen molar-refractivity contribution in [3.8, 4) is 5.69 Å². The van der Waals surface area contributed by atoms with Gasteiger partial charge in [0.1, 0.15) is 11.5 Å². The van der Waals surface area contributed by atoms with Crippen LogP contribution in [-0.4, -0.2) is 43.4 Å². The van der Waals surface area contributed by atoms with Gasteiger partial charge in [0.25, 0.3) is 5.91 Å². The Balaban J connectivity index is 1.40. The summed E-state index contributed by atoms with van der Waals surface area (Å²) in [6.45, 7) is 1.42. The van der Waals surface area contributed by atoms with Gasteiger partial charge in [-0.05, 0) is 37.1 Å². The van der Waals surface area contributed by atoms with Crippen LogP contribution in [0.1, 0.15) is 35.1 Å². The van der Waals surface area contributed by atoms with Gasteiger partial charge in [-0.15, -0.1) is 0 Å². The molecule has 2 aromatic heterocycles. The van der Waals surface area contributed by atoms with E-state index in [-0.39, 0.29) is 11.8 Å². The Kier molecular flexibility index (Phi) is 4.16. The molecule has 0 saturated carbocycles. The summed E-state index contributed by atoms with van der Waals surface area (Å²) in [5, 5.41) is 0. The molecule has 28 heavy (non-hydrogen) atoms. The molecule has 6 heteroatoms. The van der Waals surface area contributed by atoms with Crippen molar-refractivity contribution in [2.45, 2.75) is 18.8 Å². The summed E-state index contributed by atoms with van der Waals surface area (Å²) >= 11 is 0. The molecule has 6 nitrogen and oxygen atoms in total. The molecule has 1 unspecified atom stereocenters. The van der Waals surface area contributed by atoms with Gasteiger partial charge in [-0.3, -0.25) is 9.36 Å². The van der Waals surface area contributed by atoms with E-state index in [9.17, 15) is 4.79 Å². The number of piperidine rings is 1. The third-order valence-electron chi connectivity index (χ3n) is 5.39. The van der Waals surface area contributed by atoms with Crippen LogP contribution in [0.25, 0.3) is 16.7 Å². The lowest BCUT2D eigenvalue weighted by Crippen LogP contribution is -2.40. The van der Waals surface area contributed by atoms with Gasteiger partial charge < -0.3 is 9.88 Å². The van der Waals surface area contributed by atoms with Crippen molar-refractivity contribution < 1.29 is 4.79 Å². The smallest absolute Gasteiger partial charge is 0.272 e. The fraction of sp³-hybridized carbons (Fsp3) is 0.227. The van der Waals surface area contributed by atoms with Crippen molar-refractivity contribution in [1.82, 2.24) is 24.4 Å². The molecule has 140 valence electrons. The van der Waals surface area contributed by atoms with E-state index >= 15 is 0 Å². The van der Waals surface area contributed by atoms with Crippen molar-refractivity contribution in [2.75, 3.05) is 13.1 Å². The number of rotatable bonds is 3. The summed E-state index contributed by atoms with van der Waals surface area (Å²) in [5.74, 6) is 1.20. The van der Waals surface area contributed by atoms with Crippen LogP contribution in [0.2, 0.25) is 0 Å². The highest BCUT2D eigenvalue weighted by molar-refractivity contribution is 5.93. The van der Waals surface area contributed by atoms with Gasteiger partial charge in [-0.25, -0.2) is 9.97 Å². The molecular weight excluding hydrogens is 350 g/mol. The van der Waals surface area contributed by atoms with Gasteiger partial charge in [0.05, 0.1) is 23.6 Å². The number of likely N-dealkylation sites (tertiary alicyclic amines) is 1. The molecule has 0 aliphatic carbocycles. The molecular formula is C22H21N5O. The number of nitrogens with zero attached hydrogens (tertiary/aromatic N) is 4. The quantitative estimate of drug-likeness (QED) is 0.596. The van der Waals surface area contributed by atoms with Gasteiger partial charge in [0.15, 0.2) is 0 Å². The molecule has 0 bridgehead atoms. The van der Waals surface area contributed by atoms with Crippen LogP contribution in [0, 0.1) is 0 Å². The Morgan fingerprint density at radius 1 is 1.07 bits per heavy atom. The van der Waals surface area contributed by atoms with Gasteiger partial charge in [-0.2, -0.15) is 0 Å². The topological polar surface area (TPSA) is 66.8 Å². The van der Waals surface area contributed by atoms with Crippen molar-refractivity contribution in [1.29, 1.82) is 0 Å². The van der Waals surface area contributed by atoms with Gasteiger partial charge in [-0.1, -0.05) is 30.3 Å². The largest absolute Gasteiger partial charge is 0.342 e. The zero-order valence-corrected chi connectivity index (χ0v) is 15.5. The van der Waals surface area contributed by atoms with Crippen LogP contribution in [0.3, 0.4) is 0 Å². The maximum atomic E-state index is 13.2. The number of imidazole rings is 2. The summed E-state index contributed by atoms with van der Waals surface area (Å²) in [6.07, 6.45) is 5.35. The standard InChI is InChI=1S/C22H21N5O/c28-22(20-13-23-15-27(20)17-8-2-1-3-9-17)26-12-6-7-16(14-26)21-24-18-10-4-5-11-19(18)25-21/h1-5,8-11,13,15-16H,6-7,12,14H2,(H,24,25). The van der Waals surface area contributed by atoms with E-state index < -0.39 is 0 Å². The van der Waals surface area contributed by atoms with E-state index in [0.717, 1.165) is 41.9 Å². The number of aromatic amines is 1. The maximum absolute atomic E-state index is 13.2. The van der Waals surface area contributed by atoms with Crippen LogP contribution < -0.4 is 0 Å². The summed E-state index contributed by atoms with van der Waals surface area (Å²) in [5.41, 5.74) is 3.55. The first-order valence-electron chi connectivity index (χ1n) is 9.61. The molecule has 0 spiro atoms. The van der Waals surface area contributed by atoms with Crippen molar-refractivity contribution in [3.63, 3.8) is 0 Å². The number of carbonyl (C=O) groups is 1. The fourth-order valence-electron chi connectivity index (χ4n) is 3.96. The van der Waals surface area contributed by atoms with E-state index in [2.05, 4.69) is 9.97 Å². The van der Waals surface area contributed by atoms with Crippen LogP contribution >= 0.6 is 0 Å². The average Bonchev–Trinajstić information content (AvgIpc) is 3.41. The van der Waals surface area contributed by atoms with E-state index in [1.54, 1.807) is 12.5 Å². The number of nitrogens with one attached hydrogen (secondary N) is 1. The molecule has 1 atom stereocenters. The molecule has 0 radical (unpaired) electrons. The number of hydrogen-bond acceptors (Lipinski definition) is 3. The second kappa shape index (κ2) is 6.96. The second-order valence-corrected chi connectivity index (χ2v) is 7.21. The van der Waals surface area contributed by atoms with Gasteiger partial charge >= 0.3 is 0 Å². The lowest BCUT2D eigenvalue weighted by atomic mass is 9.97. The Bertz CT molecular complexity index is 1080. The highest BCUT2D eigenvalue weighted by atomic mass is 16.2. The third-order valence-corrected chi connectivity index (χ3v) is 5.39. The number of hydrogen-bond donors (Lipinski definition) is 1. The molecule has 1 N–H and O–H groups in total. The van der Waals surface area contributed by atoms with Crippen molar-refractivity contribution in [2.24, 2.45) is 0 Å². The van der Waals surface area contributed by atoms with Crippen LogP contribution in [0.5, 0.6) is 0 Å². The first-order chi connectivity index (χ1) is 13.8. The van der Waals surface area contributed by atoms with Crippen molar-refractivity contribution >= 4 is 16.9 Å². The van der Waals surface area contributed by atoms with E-state index in [4.69, 9.17) is 4.98 Å². The Hall–Kier alpha value is -3.41. The molecule has 1 aliphatic rings. The first kappa shape index (κ1) is 16.7. The van der Waals surface area contributed by atoms with Crippen LogP contribution in [0.4, 0.5) is 0 Å². The molecule has 1 saturated heterocycles. The predicted octanol–water partition coefficient (Wildman–Crippen LogP) is 3.77. The van der Waals surface area contributed by atoms with E-state index in [1.807, 2.05) is 64.1 Å². The van der Waals surface area contributed by atoms with E-state index in [1.165, 1.54) is 0 Å². The van der Waals surface area contributed by atoms with Crippen LogP contribution in [0.15, 0.2) is 67.1 Å². The first-order valence-corrected chi connectivity index (χ1v) is 9.61. The Labute approximate surface area is 162 Å². The minimum Gasteiger partial charge on any atom is -0.342 e. The number of aromatic nitrogens is 4. The zero-order valence-electron chi connectivity index (χ0n) is 15.5. The van der Waals surface area contributed by atoms with Crippen molar-refractivity contribution in [3.05, 3.63) is 78.6 Å². The normalized spacial score (nSPS) is 17.1. The fourth-order valence-corrected chi connectivity index (χ4v) is 3.96. The Morgan fingerprint density at radius 2 is 1.89 bits per heavy atom. The van der Waals surface area contributed by atoms with Gasteiger partial charge in [0, 0.05) is 24.7 Å². The molecule has 2 aromatic carbocycles. The SMILES string of the molecule is O=C(c1cncn1-c1ccccc1)N1CCCC(c2nc3ccccc3[nH]2)C1. The lowest BCUT2D eigenvalue weighted by Gasteiger charge is -2.32. The predicted molar refractivity (Wildman–Crippen MR) is 108 cm³/mol. The zero-order chi connectivity index (χ0) is 18.9. The molecule has 4 aromatic rings. The number of benzene rings is 2. The third kappa shape index (κ3) is 2.97. The number of fused-ring (bicyclic) bond motifs is 1. The minimum absolute atomic E-state index is 0.0159. The molecule has 3 heterocycles. The number of para-hydroxylation sites is 3. The lowest BCUT2D eigenvalue weighted by molar-refractivity contribution is 0.0696. The Morgan fingerprint density at radius 3 is 2.75 bits per heavy atom. The monoisotopic (exact) mass is 371 g/mol. The number of amides is 1. The highest BCUT2D eigenvalue weighted by Crippen LogP contribution is 2.28. The molecule has 1 amide bonds. The summed E-state index contributed by atoms with van der Waals surface area (Å²) < 4.78 is 1.85. The second-order valence-electron chi connectivity index (χ2n) is 7.21. The minimum atomic E-state index is 0.0159.